The summed E-state index contributed by atoms with van der Waals surface area (Å²) < 4.78 is 2.43. The van der Waals surface area contributed by atoms with E-state index in [1.807, 2.05) is 6.20 Å². The topological polar surface area (TPSA) is 17.8 Å². The minimum Gasteiger partial charge on any atom is -0.334 e. The maximum atomic E-state index is 4.43. The minimum atomic E-state index is 0.575. The van der Waals surface area contributed by atoms with Crippen molar-refractivity contribution in [2.45, 2.75) is 174 Å². The molecule has 0 saturated carbocycles. The quantitative estimate of drug-likeness (QED) is 0.104. The summed E-state index contributed by atoms with van der Waals surface area (Å²) in [7, 11) is 0. The third kappa shape index (κ3) is 17.0. The highest BCUT2D eigenvalue weighted by Crippen LogP contribution is 2.32. The average molecular weight is 537 g/mol. The molecule has 2 heteroatoms. The second kappa shape index (κ2) is 24.2. The van der Waals surface area contributed by atoms with Gasteiger partial charge in [0.25, 0.3) is 0 Å². The molecule has 2 aromatic rings. The summed E-state index contributed by atoms with van der Waals surface area (Å²) in [5.41, 5.74) is 1.50. The molecule has 2 nitrogen and oxygen atoms in total. The number of hydrogen-bond acceptors (Lipinski definition) is 1. The number of nitrogens with zero attached hydrogens (tertiary/aromatic N) is 2. The predicted octanol–water partition coefficient (Wildman–Crippen LogP) is 12.3. The van der Waals surface area contributed by atoms with Crippen molar-refractivity contribution in [1.82, 2.24) is 9.55 Å². The predicted molar refractivity (Wildman–Crippen MR) is 172 cm³/mol. The van der Waals surface area contributed by atoms with E-state index in [1.165, 1.54) is 160 Å². The van der Waals surface area contributed by atoms with E-state index < -0.39 is 0 Å². The van der Waals surface area contributed by atoms with E-state index in [1.54, 1.807) is 0 Å². The molecular formula is C37H64N2. The van der Waals surface area contributed by atoms with Gasteiger partial charge >= 0.3 is 0 Å². The first-order valence-electron chi connectivity index (χ1n) is 17.4. The van der Waals surface area contributed by atoms with Crippen LogP contribution < -0.4 is 0 Å². The third-order valence-electron chi connectivity index (χ3n) is 8.82. The highest BCUT2D eigenvalue weighted by atomic mass is 15.1. The van der Waals surface area contributed by atoms with Crippen LogP contribution >= 0.6 is 0 Å². The lowest BCUT2D eigenvalue weighted by molar-refractivity contribution is 0.275. The van der Waals surface area contributed by atoms with Gasteiger partial charge in [-0.25, -0.2) is 4.98 Å². The van der Waals surface area contributed by atoms with Crippen LogP contribution in [0.15, 0.2) is 49.1 Å². The number of imidazole rings is 1. The molecule has 2 atom stereocenters. The summed E-state index contributed by atoms with van der Waals surface area (Å²) in [4.78, 5) is 4.43. The summed E-state index contributed by atoms with van der Waals surface area (Å²) >= 11 is 0. The van der Waals surface area contributed by atoms with E-state index in [4.69, 9.17) is 0 Å². The van der Waals surface area contributed by atoms with Crippen molar-refractivity contribution < 1.29 is 0 Å². The van der Waals surface area contributed by atoms with E-state index in [-0.39, 0.29) is 0 Å². The molecule has 1 aromatic heterocycles. The van der Waals surface area contributed by atoms with Gasteiger partial charge in [0.1, 0.15) is 0 Å². The first-order chi connectivity index (χ1) is 19.3. The molecule has 0 radical (unpaired) electrons. The van der Waals surface area contributed by atoms with E-state index in [0.29, 0.717) is 12.0 Å². The number of aromatic nitrogens is 2. The van der Waals surface area contributed by atoms with Crippen molar-refractivity contribution in [3.63, 3.8) is 0 Å². The van der Waals surface area contributed by atoms with Crippen molar-refractivity contribution in [2.75, 3.05) is 0 Å². The van der Waals surface area contributed by atoms with Crippen molar-refractivity contribution >= 4 is 0 Å². The molecule has 0 aliphatic heterocycles. The Morgan fingerprint density at radius 1 is 0.564 bits per heavy atom. The van der Waals surface area contributed by atoms with Crippen molar-refractivity contribution in [3.8, 4) is 0 Å². The van der Waals surface area contributed by atoms with Crippen LogP contribution in [0.1, 0.15) is 173 Å². The Kier molecular flexibility index (Phi) is 20.9. The van der Waals surface area contributed by atoms with Gasteiger partial charge in [-0.2, -0.15) is 0 Å². The van der Waals surface area contributed by atoms with E-state index >= 15 is 0 Å². The Balaban J connectivity index is 1.65. The minimum absolute atomic E-state index is 0.575. The Labute approximate surface area is 243 Å². The fraction of sp³-hybridized carbons (Fsp3) is 0.757. The summed E-state index contributed by atoms with van der Waals surface area (Å²) in [5.74, 6) is 0.694. The zero-order chi connectivity index (χ0) is 27.6. The van der Waals surface area contributed by atoms with E-state index in [0.717, 1.165) is 0 Å². The van der Waals surface area contributed by atoms with Crippen LogP contribution in [0.2, 0.25) is 0 Å². The van der Waals surface area contributed by atoms with Crippen LogP contribution in [-0.4, -0.2) is 9.55 Å². The molecule has 0 saturated heterocycles. The maximum absolute atomic E-state index is 4.43. The van der Waals surface area contributed by atoms with Crippen LogP contribution in [0, 0.1) is 5.92 Å². The number of rotatable bonds is 27. The second-order valence-corrected chi connectivity index (χ2v) is 12.3. The van der Waals surface area contributed by atoms with Gasteiger partial charge in [0.15, 0.2) is 0 Å². The zero-order valence-corrected chi connectivity index (χ0v) is 26.1. The van der Waals surface area contributed by atoms with Crippen LogP contribution in [-0.2, 0) is 6.42 Å². The summed E-state index contributed by atoms with van der Waals surface area (Å²) in [5, 5.41) is 0. The zero-order valence-electron chi connectivity index (χ0n) is 26.1. The van der Waals surface area contributed by atoms with Gasteiger partial charge in [0, 0.05) is 18.4 Å². The van der Waals surface area contributed by atoms with Crippen molar-refractivity contribution in [3.05, 3.63) is 54.6 Å². The molecule has 0 amide bonds. The van der Waals surface area contributed by atoms with Gasteiger partial charge in [-0.1, -0.05) is 179 Å². The Morgan fingerprint density at radius 2 is 1.03 bits per heavy atom. The molecule has 0 aliphatic carbocycles. The Hall–Kier alpha value is -1.57. The molecule has 0 aliphatic rings. The number of benzene rings is 1. The SMILES string of the molecule is CCCCCCCCCCCCCCCCCCC(Cc1ccccc1)C(CCCCCCC)n1ccnc1. The highest BCUT2D eigenvalue weighted by molar-refractivity contribution is 5.15. The summed E-state index contributed by atoms with van der Waals surface area (Å²) in [6, 6.07) is 11.8. The summed E-state index contributed by atoms with van der Waals surface area (Å²) in [6.45, 7) is 4.61. The first-order valence-corrected chi connectivity index (χ1v) is 17.4. The molecule has 222 valence electrons. The monoisotopic (exact) mass is 537 g/mol. The maximum Gasteiger partial charge on any atom is 0.0948 e. The first kappa shape index (κ1) is 33.6. The Morgan fingerprint density at radius 3 is 1.49 bits per heavy atom. The molecular weight excluding hydrogens is 472 g/mol. The molecule has 39 heavy (non-hydrogen) atoms. The lowest BCUT2D eigenvalue weighted by atomic mass is 9.84. The van der Waals surface area contributed by atoms with Gasteiger partial charge in [0.2, 0.25) is 0 Å². The lowest BCUT2D eigenvalue weighted by Gasteiger charge is -2.29. The summed E-state index contributed by atoms with van der Waals surface area (Å²) in [6.07, 6.45) is 39.9. The molecule has 1 aromatic carbocycles. The largest absolute Gasteiger partial charge is 0.334 e. The molecule has 1 heterocycles. The van der Waals surface area contributed by atoms with Crippen LogP contribution in [0.25, 0.3) is 0 Å². The molecule has 2 rings (SSSR count). The van der Waals surface area contributed by atoms with Crippen LogP contribution in [0.4, 0.5) is 0 Å². The molecule has 0 N–H and O–H groups in total. The molecule has 0 bridgehead atoms. The smallest absolute Gasteiger partial charge is 0.0948 e. The number of hydrogen-bond donors (Lipinski definition) is 0. The average Bonchev–Trinajstić information content (AvgIpc) is 3.49. The van der Waals surface area contributed by atoms with Gasteiger partial charge in [-0.15, -0.1) is 0 Å². The fourth-order valence-corrected chi connectivity index (χ4v) is 6.35. The standard InChI is InChI=1S/C37H64N2/c1-3-5-7-9-10-11-12-13-14-15-16-17-18-19-21-25-29-36(33-35-27-23-22-24-28-35)37(39-32-31-38-34-39)30-26-20-8-6-4-2/h22-24,27-28,31-32,34,36-37H,3-21,25-26,29-30,33H2,1-2H3. The molecule has 0 spiro atoms. The van der Waals surface area contributed by atoms with Crippen LogP contribution in [0.3, 0.4) is 0 Å². The third-order valence-corrected chi connectivity index (χ3v) is 8.82. The number of unbranched alkanes of at least 4 members (excludes halogenated alkanes) is 19. The van der Waals surface area contributed by atoms with Crippen molar-refractivity contribution in [1.29, 1.82) is 0 Å². The second-order valence-electron chi connectivity index (χ2n) is 12.3. The molecule has 0 fully saturated rings. The Bertz CT molecular complexity index is 738. The normalized spacial score (nSPS) is 13.1. The van der Waals surface area contributed by atoms with Gasteiger partial charge in [-0.3, -0.25) is 0 Å². The van der Waals surface area contributed by atoms with Gasteiger partial charge < -0.3 is 4.57 Å². The van der Waals surface area contributed by atoms with E-state index in [2.05, 4.69) is 66.3 Å². The highest BCUT2D eigenvalue weighted by Gasteiger charge is 2.23. The van der Waals surface area contributed by atoms with E-state index in [9.17, 15) is 0 Å². The molecule has 2 unspecified atom stereocenters. The fourth-order valence-electron chi connectivity index (χ4n) is 6.35. The van der Waals surface area contributed by atoms with Crippen LogP contribution in [0.5, 0.6) is 0 Å². The van der Waals surface area contributed by atoms with Gasteiger partial charge in [0.05, 0.1) is 6.33 Å². The van der Waals surface area contributed by atoms with Crippen molar-refractivity contribution in [2.24, 2.45) is 5.92 Å². The lowest BCUT2D eigenvalue weighted by Crippen LogP contribution is -2.21. The van der Waals surface area contributed by atoms with Gasteiger partial charge in [-0.05, 0) is 30.7 Å².